The van der Waals surface area contributed by atoms with Crippen LogP contribution in [0.3, 0.4) is 0 Å². The summed E-state index contributed by atoms with van der Waals surface area (Å²) in [5.74, 6) is 3.47. The minimum absolute atomic E-state index is 0.547. The molecule has 1 unspecified atom stereocenters. The molecule has 1 aliphatic rings. The summed E-state index contributed by atoms with van der Waals surface area (Å²) < 4.78 is 7.82. The van der Waals surface area contributed by atoms with Gasteiger partial charge in [-0.2, -0.15) is 0 Å². The highest BCUT2D eigenvalue weighted by Gasteiger charge is 2.23. The van der Waals surface area contributed by atoms with Crippen molar-refractivity contribution in [3.63, 3.8) is 0 Å². The topological polar surface area (TPSA) is 79.6 Å². The molecule has 170 valence electrons. The van der Waals surface area contributed by atoms with Crippen LogP contribution in [-0.2, 0) is 20.1 Å². The van der Waals surface area contributed by atoms with Gasteiger partial charge in [-0.15, -0.1) is 10.2 Å². The van der Waals surface area contributed by atoms with Crippen LogP contribution in [-0.4, -0.2) is 57.9 Å². The number of nitrogens with zero attached hydrogens (tertiary/aromatic N) is 5. The van der Waals surface area contributed by atoms with E-state index < -0.39 is 0 Å². The number of nitrogens with one attached hydrogen (secondary N) is 2. The van der Waals surface area contributed by atoms with Gasteiger partial charge in [-0.3, -0.25) is 4.90 Å². The van der Waals surface area contributed by atoms with E-state index >= 15 is 0 Å². The van der Waals surface area contributed by atoms with E-state index in [0.29, 0.717) is 25.7 Å². The van der Waals surface area contributed by atoms with Gasteiger partial charge in [-0.05, 0) is 58.3 Å². The molecule has 1 aromatic heterocycles. The Labute approximate surface area is 186 Å². The van der Waals surface area contributed by atoms with Gasteiger partial charge >= 0.3 is 0 Å². The molecule has 0 aliphatic carbocycles. The lowest BCUT2D eigenvalue weighted by atomic mass is 10.1. The molecule has 0 amide bonds. The van der Waals surface area contributed by atoms with Crippen molar-refractivity contribution in [2.24, 2.45) is 12.0 Å². The predicted molar refractivity (Wildman–Crippen MR) is 124 cm³/mol. The SMILES string of the molecule is CCOc1cc(C)ccc1CN=C(NCc1nnc(C)n1C)NCC1CCCN1CC. The number of likely N-dealkylation sites (N-methyl/N-ethyl adjacent to an activating group) is 1. The van der Waals surface area contributed by atoms with Crippen LogP contribution in [0.4, 0.5) is 0 Å². The zero-order chi connectivity index (χ0) is 22.2. The summed E-state index contributed by atoms with van der Waals surface area (Å²) in [6.07, 6.45) is 2.49. The van der Waals surface area contributed by atoms with Crippen LogP contribution in [0.2, 0.25) is 0 Å². The maximum atomic E-state index is 5.83. The summed E-state index contributed by atoms with van der Waals surface area (Å²) >= 11 is 0. The first-order chi connectivity index (χ1) is 15.0. The molecule has 0 radical (unpaired) electrons. The molecular formula is C23H37N7O. The van der Waals surface area contributed by atoms with Gasteiger partial charge in [0.05, 0.1) is 19.7 Å². The lowest BCUT2D eigenvalue weighted by Gasteiger charge is -2.24. The van der Waals surface area contributed by atoms with Gasteiger partial charge in [-0.1, -0.05) is 19.1 Å². The van der Waals surface area contributed by atoms with E-state index in [1.54, 1.807) is 0 Å². The molecule has 2 aromatic rings. The molecule has 1 atom stereocenters. The predicted octanol–water partition coefficient (Wildman–Crippen LogP) is 2.55. The summed E-state index contributed by atoms with van der Waals surface area (Å²) in [5, 5.41) is 15.4. The van der Waals surface area contributed by atoms with E-state index in [1.165, 1.54) is 24.9 Å². The molecular weight excluding hydrogens is 390 g/mol. The van der Waals surface area contributed by atoms with E-state index in [2.05, 4.69) is 57.8 Å². The van der Waals surface area contributed by atoms with Gasteiger partial charge in [0.25, 0.3) is 0 Å². The van der Waals surface area contributed by atoms with Crippen molar-refractivity contribution in [2.75, 3.05) is 26.2 Å². The van der Waals surface area contributed by atoms with Crippen molar-refractivity contribution in [1.82, 2.24) is 30.3 Å². The van der Waals surface area contributed by atoms with Crippen LogP contribution >= 0.6 is 0 Å². The first-order valence-corrected chi connectivity index (χ1v) is 11.3. The molecule has 1 saturated heterocycles. The number of aliphatic imine (C=N–C) groups is 1. The number of ether oxygens (including phenoxy) is 1. The van der Waals surface area contributed by atoms with E-state index in [1.807, 2.05) is 25.5 Å². The Kier molecular flexibility index (Phi) is 8.28. The molecule has 1 aromatic carbocycles. The van der Waals surface area contributed by atoms with Crippen LogP contribution in [0.15, 0.2) is 23.2 Å². The highest BCUT2D eigenvalue weighted by Crippen LogP contribution is 2.21. The maximum Gasteiger partial charge on any atom is 0.192 e. The zero-order valence-electron chi connectivity index (χ0n) is 19.6. The van der Waals surface area contributed by atoms with Gasteiger partial charge in [0.2, 0.25) is 0 Å². The summed E-state index contributed by atoms with van der Waals surface area (Å²) in [7, 11) is 1.98. The van der Waals surface area contributed by atoms with Crippen molar-refractivity contribution in [1.29, 1.82) is 0 Å². The summed E-state index contributed by atoms with van der Waals surface area (Å²) in [6, 6.07) is 6.83. The molecule has 8 heteroatoms. The fourth-order valence-corrected chi connectivity index (χ4v) is 3.95. The maximum absolute atomic E-state index is 5.83. The quantitative estimate of drug-likeness (QED) is 0.473. The minimum Gasteiger partial charge on any atom is -0.494 e. The Morgan fingerprint density at radius 1 is 1.23 bits per heavy atom. The Hall–Kier alpha value is -2.61. The van der Waals surface area contributed by atoms with Crippen LogP contribution in [0.1, 0.15) is 49.5 Å². The molecule has 31 heavy (non-hydrogen) atoms. The Morgan fingerprint density at radius 3 is 2.77 bits per heavy atom. The van der Waals surface area contributed by atoms with Gasteiger partial charge in [-0.25, -0.2) is 4.99 Å². The molecule has 0 bridgehead atoms. The van der Waals surface area contributed by atoms with Gasteiger partial charge < -0.3 is 19.9 Å². The summed E-state index contributed by atoms with van der Waals surface area (Å²) in [4.78, 5) is 7.40. The third-order valence-electron chi connectivity index (χ3n) is 5.94. The second-order valence-electron chi connectivity index (χ2n) is 8.09. The highest BCUT2D eigenvalue weighted by atomic mass is 16.5. The number of hydrogen-bond donors (Lipinski definition) is 2. The van der Waals surface area contributed by atoms with Gasteiger partial charge in [0, 0.05) is 25.2 Å². The standard InChI is InChI=1S/C23H37N7O/c1-6-30-12-8-9-20(30)15-25-23(26-16-22-28-27-18(4)29(22)5)24-14-19-11-10-17(3)13-21(19)31-7-2/h10-11,13,20H,6-9,12,14-16H2,1-5H3,(H2,24,25,26). The largest absolute Gasteiger partial charge is 0.494 e. The molecule has 8 nitrogen and oxygen atoms in total. The number of benzene rings is 1. The van der Waals surface area contributed by atoms with E-state index in [4.69, 9.17) is 9.73 Å². The van der Waals surface area contributed by atoms with E-state index in [-0.39, 0.29) is 0 Å². The number of likely N-dealkylation sites (tertiary alicyclic amines) is 1. The normalized spacial score (nSPS) is 17.2. The van der Waals surface area contributed by atoms with Crippen molar-refractivity contribution in [3.8, 4) is 5.75 Å². The summed E-state index contributed by atoms with van der Waals surface area (Å²) in [6.45, 7) is 13.2. The second kappa shape index (κ2) is 11.1. The third kappa shape index (κ3) is 6.19. The lowest BCUT2D eigenvalue weighted by molar-refractivity contribution is 0.267. The minimum atomic E-state index is 0.547. The lowest BCUT2D eigenvalue weighted by Crippen LogP contribution is -2.44. The van der Waals surface area contributed by atoms with Gasteiger partial charge in [0.15, 0.2) is 11.8 Å². The molecule has 2 heterocycles. The number of rotatable bonds is 9. The average Bonchev–Trinajstić information content (AvgIpc) is 3.35. The average molecular weight is 428 g/mol. The molecule has 2 N–H and O–H groups in total. The van der Waals surface area contributed by atoms with Crippen LogP contribution < -0.4 is 15.4 Å². The molecule has 3 rings (SSSR count). The van der Waals surface area contributed by atoms with E-state index in [0.717, 1.165) is 42.0 Å². The fourth-order valence-electron chi connectivity index (χ4n) is 3.95. The smallest absolute Gasteiger partial charge is 0.192 e. The Balaban J connectivity index is 1.71. The van der Waals surface area contributed by atoms with Crippen molar-refractivity contribution in [2.45, 2.75) is 59.7 Å². The molecule has 0 saturated carbocycles. The van der Waals surface area contributed by atoms with Crippen molar-refractivity contribution >= 4 is 5.96 Å². The zero-order valence-corrected chi connectivity index (χ0v) is 19.6. The number of guanidine groups is 1. The van der Waals surface area contributed by atoms with Crippen LogP contribution in [0, 0.1) is 13.8 Å². The molecule has 1 aliphatic heterocycles. The van der Waals surface area contributed by atoms with Crippen LogP contribution in [0.5, 0.6) is 5.75 Å². The van der Waals surface area contributed by atoms with Crippen molar-refractivity contribution < 1.29 is 4.74 Å². The van der Waals surface area contributed by atoms with E-state index in [9.17, 15) is 0 Å². The third-order valence-corrected chi connectivity index (χ3v) is 5.94. The highest BCUT2D eigenvalue weighted by molar-refractivity contribution is 5.79. The molecule has 1 fully saturated rings. The first kappa shape index (κ1) is 23.1. The van der Waals surface area contributed by atoms with Gasteiger partial charge in [0.1, 0.15) is 11.6 Å². The number of hydrogen-bond acceptors (Lipinski definition) is 5. The number of aryl methyl sites for hydroxylation is 2. The first-order valence-electron chi connectivity index (χ1n) is 11.3. The van der Waals surface area contributed by atoms with Crippen molar-refractivity contribution in [3.05, 3.63) is 41.0 Å². The summed E-state index contributed by atoms with van der Waals surface area (Å²) in [5.41, 5.74) is 2.27. The second-order valence-corrected chi connectivity index (χ2v) is 8.09. The molecule has 0 spiro atoms. The Morgan fingerprint density at radius 2 is 2.06 bits per heavy atom. The Bertz CT molecular complexity index is 877. The number of aromatic nitrogens is 3. The fraction of sp³-hybridized carbons (Fsp3) is 0.609. The van der Waals surface area contributed by atoms with Crippen LogP contribution in [0.25, 0.3) is 0 Å². The monoisotopic (exact) mass is 427 g/mol.